The Morgan fingerprint density at radius 2 is 1.64 bits per heavy atom. The number of benzene rings is 2. The molecule has 186 valence electrons. The summed E-state index contributed by atoms with van der Waals surface area (Å²) in [5.41, 5.74) is 2.88. The molecule has 0 N–H and O–H groups in total. The van der Waals surface area contributed by atoms with Gasteiger partial charge in [-0.2, -0.15) is 0 Å². The second kappa shape index (κ2) is 10.3. The zero-order chi connectivity index (χ0) is 24.3. The van der Waals surface area contributed by atoms with E-state index >= 15 is 0 Å². The Labute approximate surface area is 212 Å². The second-order valence-corrected chi connectivity index (χ2v) is 9.98. The quantitative estimate of drug-likeness (QED) is 0.543. The van der Waals surface area contributed by atoms with E-state index in [1.54, 1.807) is 0 Å². The van der Waals surface area contributed by atoms with Crippen molar-refractivity contribution >= 4 is 11.9 Å². The highest BCUT2D eigenvalue weighted by atomic mass is 16.5. The fraction of sp³-hybridized carbons (Fsp3) is 0.414. The van der Waals surface area contributed by atoms with E-state index < -0.39 is 0 Å². The van der Waals surface area contributed by atoms with Crippen LogP contribution in [0.25, 0.3) is 0 Å². The zero-order valence-corrected chi connectivity index (χ0v) is 20.7. The van der Waals surface area contributed by atoms with Crippen molar-refractivity contribution in [1.29, 1.82) is 0 Å². The number of amides is 1. The summed E-state index contributed by atoms with van der Waals surface area (Å²) in [5.74, 6) is 2.29. The number of hydrogen-bond acceptors (Lipinski definition) is 6. The van der Waals surface area contributed by atoms with Gasteiger partial charge in [0.15, 0.2) is 0 Å². The summed E-state index contributed by atoms with van der Waals surface area (Å²) in [6.45, 7) is 5.49. The van der Waals surface area contributed by atoms with E-state index in [-0.39, 0.29) is 5.91 Å². The van der Waals surface area contributed by atoms with Crippen LogP contribution in [-0.4, -0.2) is 71.0 Å². The molecule has 1 aliphatic carbocycles. The number of rotatable bonds is 5. The molecule has 1 saturated carbocycles. The fourth-order valence-corrected chi connectivity index (χ4v) is 5.36. The van der Waals surface area contributed by atoms with Gasteiger partial charge in [-0.15, -0.1) is 0 Å². The molecule has 0 radical (unpaired) electrons. The van der Waals surface area contributed by atoms with Crippen molar-refractivity contribution in [1.82, 2.24) is 19.8 Å². The summed E-state index contributed by atoms with van der Waals surface area (Å²) in [7, 11) is 0. The minimum absolute atomic E-state index is 0.0293. The molecule has 0 bridgehead atoms. The lowest BCUT2D eigenvalue weighted by atomic mass is 9.91. The van der Waals surface area contributed by atoms with Gasteiger partial charge in [-0.3, -0.25) is 9.69 Å². The molecule has 1 saturated heterocycles. The lowest BCUT2D eigenvalue weighted by Crippen LogP contribution is -2.52. The molecule has 7 nitrogen and oxygen atoms in total. The van der Waals surface area contributed by atoms with Crippen LogP contribution in [0.5, 0.6) is 11.5 Å². The van der Waals surface area contributed by atoms with E-state index in [2.05, 4.69) is 9.80 Å². The van der Waals surface area contributed by atoms with Crippen LogP contribution >= 0.6 is 0 Å². The molecular formula is C29H33N5O2. The lowest BCUT2D eigenvalue weighted by molar-refractivity contribution is 0.0762. The summed E-state index contributed by atoms with van der Waals surface area (Å²) in [5, 5.41) is 0. The molecule has 6 rings (SSSR count). The van der Waals surface area contributed by atoms with Gasteiger partial charge in [-0.25, -0.2) is 9.97 Å². The minimum atomic E-state index is 0.0293. The SMILES string of the molecule is O=C(c1cccc(Oc2ccccc2)c1)N1CCc2cnc(N3CCN(C4CCC4)CC3)nc2CC1. The Morgan fingerprint density at radius 3 is 2.42 bits per heavy atom. The van der Waals surface area contributed by atoms with Gasteiger partial charge in [0, 0.05) is 63.5 Å². The van der Waals surface area contributed by atoms with Gasteiger partial charge in [0.2, 0.25) is 5.95 Å². The van der Waals surface area contributed by atoms with Crippen LogP contribution < -0.4 is 9.64 Å². The third kappa shape index (κ3) is 4.93. The largest absolute Gasteiger partial charge is 0.457 e. The molecule has 1 amide bonds. The average Bonchev–Trinajstić information content (AvgIpc) is 3.11. The first-order chi connectivity index (χ1) is 17.7. The number of anilines is 1. The zero-order valence-electron chi connectivity index (χ0n) is 20.7. The van der Waals surface area contributed by atoms with E-state index in [9.17, 15) is 4.79 Å². The van der Waals surface area contributed by atoms with Gasteiger partial charge in [-0.05, 0) is 55.2 Å². The first-order valence-corrected chi connectivity index (χ1v) is 13.2. The average molecular weight is 484 g/mol. The number of fused-ring (bicyclic) bond motifs is 1. The van der Waals surface area contributed by atoms with Crippen molar-refractivity contribution in [3.05, 3.63) is 77.6 Å². The number of carbonyl (C=O) groups excluding carboxylic acids is 1. The van der Waals surface area contributed by atoms with E-state index in [4.69, 9.17) is 14.7 Å². The van der Waals surface area contributed by atoms with Crippen molar-refractivity contribution in [2.45, 2.75) is 38.1 Å². The number of hydrogen-bond donors (Lipinski definition) is 0. The molecule has 3 aliphatic rings. The Morgan fingerprint density at radius 1 is 0.861 bits per heavy atom. The van der Waals surface area contributed by atoms with Crippen LogP contribution in [0.2, 0.25) is 0 Å². The van der Waals surface area contributed by atoms with Crippen molar-refractivity contribution in [3.8, 4) is 11.5 Å². The maximum atomic E-state index is 13.4. The molecule has 1 aromatic heterocycles. The van der Waals surface area contributed by atoms with Gasteiger partial charge in [0.25, 0.3) is 5.91 Å². The monoisotopic (exact) mass is 483 g/mol. The third-order valence-electron chi connectivity index (χ3n) is 7.75. The highest BCUT2D eigenvalue weighted by Gasteiger charge is 2.29. The standard InChI is InChI=1S/C29H33N5O2/c35-28(22-6-4-11-26(20-22)36-25-9-2-1-3-10-25)33-14-12-23-21-30-29(31-27(23)13-15-33)34-18-16-32(17-19-34)24-7-5-8-24/h1-4,6,9-11,20-21,24H,5,7-8,12-19H2. The van der Waals surface area contributed by atoms with Crippen LogP contribution in [0.4, 0.5) is 5.95 Å². The molecule has 2 aliphatic heterocycles. The first-order valence-electron chi connectivity index (χ1n) is 13.2. The van der Waals surface area contributed by atoms with Crippen molar-refractivity contribution in [3.63, 3.8) is 0 Å². The number of aromatic nitrogens is 2. The predicted molar refractivity (Wildman–Crippen MR) is 140 cm³/mol. The van der Waals surface area contributed by atoms with Gasteiger partial charge in [-0.1, -0.05) is 30.7 Å². The molecular weight excluding hydrogens is 450 g/mol. The van der Waals surface area contributed by atoms with Crippen molar-refractivity contribution < 1.29 is 9.53 Å². The van der Waals surface area contributed by atoms with E-state index in [1.165, 1.54) is 19.3 Å². The predicted octanol–water partition coefficient (Wildman–Crippen LogP) is 4.18. The normalized spacial score (nSPS) is 18.8. The highest BCUT2D eigenvalue weighted by Crippen LogP contribution is 2.27. The topological polar surface area (TPSA) is 61.8 Å². The summed E-state index contributed by atoms with van der Waals surface area (Å²) in [6.07, 6.45) is 7.60. The molecule has 36 heavy (non-hydrogen) atoms. The number of ether oxygens (including phenoxy) is 1. The van der Waals surface area contributed by atoms with Crippen LogP contribution in [0.15, 0.2) is 60.8 Å². The highest BCUT2D eigenvalue weighted by molar-refractivity contribution is 5.94. The van der Waals surface area contributed by atoms with E-state index in [0.717, 1.165) is 68.0 Å². The number of carbonyl (C=O) groups is 1. The molecule has 3 aromatic rings. The number of nitrogens with zero attached hydrogens (tertiary/aromatic N) is 5. The van der Waals surface area contributed by atoms with Crippen molar-refractivity contribution in [2.75, 3.05) is 44.2 Å². The second-order valence-electron chi connectivity index (χ2n) is 9.98. The summed E-state index contributed by atoms with van der Waals surface area (Å²) >= 11 is 0. The van der Waals surface area contributed by atoms with Gasteiger partial charge in [0.1, 0.15) is 11.5 Å². The smallest absolute Gasteiger partial charge is 0.254 e. The van der Waals surface area contributed by atoms with Crippen LogP contribution in [0.1, 0.15) is 40.9 Å². The Kier molecular flexibility index (Phi) is 6.55. The molecule has 0 unspecified atom stereocenters. The molecule has 0 spiro atoms. The van der Waals surface area contributed by atoms with Gasteiger partial charge in [0.05, 0.1) is 5.69 Å². The van der Waals surface area contributed by atoms with E-state index in [1.807, 2.05) is 65.7 Å². The summed E-state index contributed by atoms with van der Waals surface area (Å²) in [6, 6.07) is 17.9. The van der Waals surface area contributed by atoms with Crippen LogP contribution in [0.3, 0.4) is 0 Å². The van der Waals surface area contributed by atoms with Crippen LogP contribution in [-0.2, 0) is 12.8 Å². The Balaban J connectivity index is 1.09. The maximum absolute atomic E-state index is 13.4. The maximum Gasteiger partial charge on any atom is 0.254 e. The Hall–Kier alpha value is -3.45. The minimum Gasteiger partial charge on any atom is -0.457 e. The molecule has 3 heterocycles. The molecule has 2 aromatic carbocycles. The number of piperazine rings is 1. The summed E-state index contributed by atoms with van der Waals surface area (Å²) in [4.78, 5) is 29.9. The molecule has 7 heteroatoms. The van der Waals surface area contributed by atoms with Gasteiger partial charge >= 0.3 is 0 Å². The van der Waals surface area contributed by atoms with Gasteiger partial charge < -0.3 is 14.5 Å². The number of para-hydroxylation sites is 1. The fourth-order valence-electron chi connectivity index (χ4n) is 5.36. The molecule has 0 atom stereocenters. The lowest BCUT2D eigenvalue weighted by Gasteiger charge is -2.43. The Bertz CT molecular complexity index is 1210. The van der Waals surface area contributed by atoms with E-state index in [0.29, 0.717) is 24.4 Å². The first kappa shape index (κ1) is 23.0. The molecule has 2 fully saturated rings. The van der Waals surface area contributed by atoms with Crippen LogP contribution in [0, 0.1) is 0 Å². The van der Waals surface area contributed by atoms with Crippen molar-refractivity contribution in [2.24, 2.45) is 0 Å². The third-order valence-corrected chi connectivity index (χ3v) is 7.75. The summed E-state index contributed by atoms with van der Waals surface area (Å²) < 4.78 is 5.94.